The molecule has 1 heterocycles. The molecular formula is C16H34N4. The Balaban J connectivity index is 2.21. The zero-order valence-electron chi connectivity index (χ0n) is 14.1. The number of guanidine groups is 1. The Morgan fingerprint density at radius 2 is 2.05 bits per heavy atom. The van der Waals surface area contributed by atoms with Gasteiger partial charge in [0.2, 0.25) is 0 Å². The average molecular weight is 282 g/mol. The molecule has 1 fully saturated rings. The van der Waals surface area contributed by atoms with Gasteiger partial charge < -0.3 is 15.5 Å². The summed E-state index contributed by atoms with van der Waals surface area (Å²) in [5.41, 5.74) is 0. The molecule has 0 aromatic carbocycles. The van der Waals surface area contributed by atoms with E-state index in [-0.39, 0.29) is 0 Å². The molecular weight excluding hydrogens is 248 g/mol. The van der Waals surface area contributed by atoms with E-state index >= 15 is 0 Å². The molecule has 2 N–H and O–H groups in total. The van der Waals surface area contributed by atoms with E-state index in [0.29, 0.717) is 12.1 Å². The minimum absolute atomic E-state index is 0.487. The summed E-state index contributed by atoms with van der Waals surface area (Å²) in [4.78, 5) is 6.77. The molecule has 2 atom stereocenters. The molecule has 0 radical (unpaired) electrons. The van der Waals surface area contributed by atoms with Crippen LogP contribution in [-0.4, -0.2) is 50.1 Å². The average Bonchev–Trinajstić information content (AvgIpc) is 2.79. The first-order chi connectivity index (χ1) is 9.52. The fourth-order valence-electron chi connectivity index (χ4n) is 2.78. The van der Waals surface area contributed by atoms with Gasteiger partial charge in [-0.05, 0) is 45.7 Å². The molecule has 1 aliphatic rings. The number of likely N-dealkylation sites (tertiary alicyclic amines) is 1. The lowest BCUT2D eigenvalue weighted by molar-refractivity contribution is 0.309. The lowest BCUT2D eigenvalue weighted by atomic mass is 10.0. The molecule has 0 amide bonds. The van der Waals surface area contributed by atoms with Crippen LogP contribution in [0.4, 0.5) is 0 Å². The molecule has 1 aliphatic heterocycles. The summed E-state index contributed by atoms with van der Waals surface area (Å²) in [6.45, 7) is 9.04. The lowest BCUT2D eigenvalue weighted by Gasteiger charge is -2.23. The highest BCUT2D eigenvalue weighted by Gasteiger charge is 2.20. The monoisotopic (exact) mass is 282 g/mol. The normalized spacial score (nSPS) is 22.3. The van der Waals surface area contributed by atoms with Crippen LogP contribution >= 0.6 is 0 Å². The van der Waals surface area contributed by atoms with Crippen molar-refractivity contribution >= 4 is 5.96 Å². The van der Waals surface area contributed by atoms with Gasteiger partial charge in [-0.25, -0.2) is 0 Å². The molecule has 20 heavy (non-hydrogen) atoms. The second-order valence-electron chi connectivity index (χ2n) is 6.60. The number of hydrogen-bond acceptors (Lipinski definition) is 2. The predicted octanol–water partition coefficient (Wildman–Crippen LogP) is 2.46. The third-order valence-corrected chi connectivity index (χ3v) is 4.20. The molecule has 1 rings (SSSR count). The molecule has 0 aromatic heterocycles. The van der Waals surface area contributed by atoms with E-state index < -0.39 is 0 Å². The molecule has 0 bridgehead atoms. The van der Waals surface area contributed by atoms with Gasteiger partial charge in [-0.3, -0.25) is 4.99 Å². The van der Waals surface area contributed by atoms with E-state index in [1.165, 1.54) is 38.6 Å². The van der Waals surface area contributed by atoms with Crippen LogP contribution in [0.15, 0.2) is 4.99 Å². The third kappa shape index (κ3) is 6.60. The van der Waals surface area contributed by atoms with Gasteiger partial charge in [-0.15, -0.1) is 0 Å². The molecule has 0 aromatic rings. The minimum atomic E-state index is 0.487. The van der Waals surface area contributed by atoms with Gasteiger partial charge in [0, 0.05) is 25.7 Å². The van der Waals surface area contributed by atoms with Crippen LogP contribution in [0.25, 0.3) is 0 Å². The number of hydrogen-bond donors (Lipinski definition) is 2. The zero-order chi connectivity index (χ0) is 15.0. The van der Waals surface area contributed by atoms with Gasteiger partial charge in [0.15, 0.2) is 5.96 Å². The lowest BCUT2D eigenvalue weighted by Crippen LogP contribution is -2.46. The maximum absolute atomic E-state index is 4.33. The topological polar surface area (TPSA) is 39.7 Å². The van der Waals surface area contributed by atoms with E-state index in [2.05, 4.69) is 48.3 Å². The largest absolute Gasteiger partial charge is 0.355 e. The van der Waals surface area contributed by atoms with Crippen LogP contribution in [0.3, 0.4) is 0 Å². The SMILES string of the molecule is CN=C(NCC1CCCN1C)NC(C)CCCC(C)C. The van der Waals surface area contributed by atoms with Crippen molar-refractivity contribution in [1.29, 1.82) is 0 Å². The van der Waals surface area contributed by atoms with Crippen LogP contribution in [0.1, 0.15) is 52.9 Å². The van der Waals surface area contributed by atoms with Crippen LogP contribution < -0.4 is 10.6 Å². The number of aliphatic imine (C=N–C) groups is 1. The van der Waals surface area contributed by atoms with Crippen molar-refractivity contribution in [3.63, 3.8) is 0 Å². The standard InChI is InChI=1S/C16H34N4/c1-13(2)8-6-9-14(3)19-16(17-4)18-12-15-10-7-11-20(15)5/h13-15H,6-12H2,1-5H3,(H2,17,18,19). The maximum atomic E-state index is 4.33. The highest BCUT2D eigenvalue weighted by atomic mass is 15.2. The number of likely N-dealkylation sites (N-methyl/N-ethyl adjacent to an activating group) is 1. The van der Waals surface area contributed by atoms with E-state index in [1.54, 1.807) is 0 Å². The van der Waals surface area contributed by atoms with Crippen molar-refractivity contribution in [1.82, 2.24) is 15.5 Å². The van der Waals surface area contributed by atoms with Crippen molar-refractivity contribution in [3.05, 3.63) is 0 Å². The second-order valence-corrected chi connectivity index (χ2v) is 6.60. The molecule has 2 unspecified atom stereocenters. The van der Waals surface area contributed by atoms with Crippen molar-refractivity contribution < 1.29 is 0 Å². The Morgan fingerprint density at radius 3 is 2.60 bits per heavy atom. The summed E-state index contributed by atoms with van der Waals surface area (Å²) >= 11 is 0. The quantitative estimate of drug-likeness (QED) is 0.556. The summed E-state index contributed by atoms with van der Waals surface area (Å²) in [6, 6.07) is 1.14. The van der Waals surface area contributed by atoms with E-state index in [1.807, 2.05) is 7.05 Å². The van der Waals surface area contributed by atoms with Gasteiger partial charge in [0.1, 0.15) is 0 Å². The Kier molecular flexibility index (Phi) is 7.97. The van der Waals surface area contributed by atoms with Gasteiger partial charge in [-0.1, -0.05) is 26.7 Å². The summed E-state index contributed by atoms with van der Waals surface area (Å²) in [6.07, 6.45) is 6.42. The van der Waals surface area contributed by atoms with Crippen LogP contribution in [0.2, 0.25) is 0 Å². The van der Waals surface area contributed by atoms with Gasteiger partial charge in [0.05, 0.1) is 0 Å². The Bertz CT molecular complexity index is 288. The van der Waals surface area contributed by atoms with E-state index in [0.717, 1.165) is 18.4 Å². The Morgan fingerprint density at radius 1 is 1.30 bits per heavy atom. The predicted molar refractivity (Wildman–Crippen MR) is 88.3 cm³/mol. The van der Waals surface area contributed by atoms with Crippen molar-refractivity contribution in [2.24, 2.45) is 10.9 Å². The first-order valence-electron chi connectivity index (χ1n) is 8.20. The van der Waals surface area contributed by atoms with Crippen LogP contribution in [-0.2, 0) is 0 Å². The Labute approximate surface area is 125 Å². The van der Waals surface area contributed by atoms with Gasteiger partial charge in [-0.2, -0.15) is 0 Å². The smallest absolute Gasteiger partial charge is 0.191 e. The molecule has 4 heteroatoms. The van der Waals surface area contributed by atoms with Crippen molar-refractivity contribution in [2.45, 2.75) is 65.0 Å². The second kappa shape index (κ2) is 9.22. The maximum Gasteiger partial charge on any atom is 0.191 e. The number of nitrogens with one attached hydrogen (secondary N) is 2. The molecule has 0 aliphatic carbocycles. The minimum Gasteiger partial charge on any atom is -0.355 e. The fraction of sp³-hybridized carbons (Fsp3) is 0.938. The molecule has 0 saturated carbocycles. The highest BCUT2D eigenvalue weighted by molar-refractivity contribution is 5.79. The van der Waals surface area contributed by atoms with Crippen LogP contribution in [0, 0.1) is 5.92 Å². The molecule has 1 saturated heterocycles. The van der Waals surface area contributed by atoms with Crippen molar-refractivity contribution in [3.8, 4) is 0 Å². The number of rotatable bonds is 7. The molecule has 118 valence electrons. The number of nitrogens with zero attached hydrogens (tertiary/aromatic N) is 2. The van der Waals surface area contributed by atoms with E-state index in [4.69, 9.17) is 0 Å². The first kappa shape index (κ1) is 17.3. The van der Waals surface area contributed by atoms with Gasteiger partial charge in [0.25, 0.3) is 0 Å². The fourth-order valence-corrected chi connectivity index (χ4v) is 2.78. The third-order valence-electron chi connectivity index (χ3n) is 4.20. The summed E-state index contributed by atoms with van der Waals surface area (Å²) in [7, 11) is 4.07. The van der Waals surface area contributed by atoms with E-state index in [9.17, 15) is 0 Å². The van der Waals surface area contributed by atoms with Crippen LogP contribution in [0.5, 0.6) is 0 Å². The van der Waals surface area contributed by atoms with Gasteiger partial charge >= 0.3 is 0 Å². The first-order valence-corrected chi connectivity index (χ1v) is 8.20. The summed E-state index contributed by atoms with van der Waals surface area (Å²) in [5.74, 6) is 1.75. The summed E-state index contributed by atoms with van der Waals surface area (Å²) < 4.78 is 0. The Hall–Kier alpha value is -0.770. The zero-order valence-corrected chi connectivity index (χ0v) is 14.1. The summed E-state index contributed by atoms with van der Waals surface area (Å²) in [5, 5.41) is 6.97. The molecule has 0 spiro atoms. The van der Waals surface area contributed by atoms with Crippen molar-refractivity contribution in [2.75, 3.05) is 27.2 Å². The molecule has 4 nitrogen and oxygen atoms in total. The highest BCUT2D eigenvalue weighted by Crippen LogP contribution is 2.13.